The monoisotopic (exact) mass is 370 g/mol. The maximum atomic E-state index is 11.4. The Kier molecular flexibility index (Phi) is 4.75. The van der Waals surface area contributed by atoms with Gasteiger partial charge in [0.25, 0.3) is 0 Å². The lowest BCUT2D eigenvalue weighted by Crippen LogP contribution is -2.01. The summed E-state index contributed by atoms with van der Waals surface area (Å²) in [5.74, 6) is 0.0456. The molecule has 1 N–H and O–H groups in total. The number of carboxylic acids is 1. The van der Waals surface area contributed by atoms with Gasteiger partial charge in [-0.25, -0.2) is 4.79 Å². The van der Waals surface area contributed by atoms with Gasteiger partial charge in [-0.15, -0.1) is 0 Å². The van der Waals surface area contributed by atoms with E-state index in [1.165, 1.54) is 13.2 Å². The van der Waals surface area contributed by atoms with Gasteiger partial charge in [-0.3, -0.25) is 0 Å². The molecule has 0 saturated carbocycles. The average molecular weight is 372 g/mol. The maximum absolute atomic E-state index is 11.4. The molecule has 2 rings (SSSR count). The number of halogens is 2. The molecule has 6 heteroatoms. The Morgan fingerprint density at radius 2 is 1.86 bits per heavy atom. The largest absolute Gasteiger partial charge is 0.495 e. The minimum absolute atomic E-state index is 0.148. The van der Waals surface area contributed by atoms with Gasteiger partial charge in [0.2, 0.25) is 0 Å². The van der Waals surface area contributed by atoms with E-state index in [9.17, 15) is 9.90 Å². The van der Waals surface area contributed by atoms with Crippen LogP contribution in [-0.4, -0.2) is 25.3 Å². The first-order valence-corrected chi connectivity index (χ1v) is 7.10. The first-order valence-electron chi connectivity index (χ1n) is 5.93. The Morgan fingerprint density at radius 3 is 2.43 bits per heavy atom. The molecule has 0 unspecified atom stereocenters. The van der Waals surface area contributed by atoms with Crippen molar-refractivity contribution in [3.63, 3.8) is 0 Å². The van der Waals surface area contributed by atoms with Gasteiger partial charge in [0.1, 0.15) is 16.0 Å². The summed E-state index contributed by atoms with van der Waals surface area (Å²) in [6.45, 7) is 0. The summed E-state index contributed by atoms with van der Waals surface area (Å²) in [7, 11) is 3.05. The Labute approximate surface area is 135 Å². The van der Waals surface area contributed by atoms with Gasteiger partial charge in [0.15, 0.2) is 0 Å². The second-order valence-electron chi connectivity index (χ2n) is 4.16. The number of hydrogen-bond donors (Lipinski definition) is 1. The molecule has 0 atom stereocenters. The molecule has 0 aromatic heterocycles. The van der Waals surface area contributed by atoms with Crippen LogP contribution >= 0.6 is 27.5 Å². The van der Waals surface area contributed by atoms with Gasteiger partial charge in [-0.2, -0.15) is 0 Å². The second-order valence-corrected chi connectivity index (χ2v) is 5.39. The summed E-state index contributed by atoms with van der Waals surface area (Å²) in [5, 5.41) is 9.78. The minimum Gasteiger partial charge on any atom is -0.495 e. The molecule has 2 aromatic carbocycles. The molecule has 2 aromatic rings. The zero-order chi connectivity index (χ0) is 15.6. The highest BCUT2D eigenvalue weighted by Crippen LogP contribution is 2.43. The van der Waals surface area contributed by atoms with E-state index in [-0.39, 0.29) is 5.56 Å². The molecule has 0 fully saturated rings. The zero-order valence-corrected chi connectivity index (χ0v) is 13.7. The molecular formula is C15H12BrClO4. The van der Waals surface area contributed by atoms with Crippen molar-refractivity contribution in [1.29, 1.82) is 0 Å². The highest BCUT2D eigenvalue weighted by molar-refractivity contribution is 9.10. The molecule has 0 spiro atoms. The number of ether oxygens (including phenoxy) is 2. The number of aromatic carboxylic acids is 1. The molecule has 0 heterocycles. The molecule has 0 aliphatic carbocycles. The van der Waals surface area contributed by atoms with Gasteiger partial charge in [0.05, 0.1) is 19.8 Å². The molecule has 4 nitrogen and oxygen atoms in total. The predicted octanol–water partition coefficient (Wildman–Crippen LogP) is 4.48. The molecule has 0 bridgehead atoms. The molecule has 0 aliphatic heterocycles. The standard InChI is InChI=1S/C15H12BrClO4/c1-20-12-6-5-9(14(21-2)13(12)16)11-7-8(17)3-4-10(11)15(18)19/h3-7H,1-2H3,(H,18,19). The number of carbonyl (C=O) groups is 1. The van der Waals surface area contributed by atoms with Crippen molar-refractivity contribution >= 4 is 33.5 Å². The van der Waals surface area contributed by atoms with Crippen LogP contribution in [-0.2, 0) is 0 Å². The van der Waals surface area contributed by atoms with Crippen LogP contribution in [0.1, 0.15) is 10.4 Å². The topological polar surface area (TPSA) is 55.8 Å². The van der Waals surface area contributed by atoms with Crippen LogP contribution in [0.25, 0.3) is 11.1 Å². The molecule has 0 aliphatic rings. The number of carboxylic acid groups (broad SMARTS) is 1. The third-order valence-corrected chi connectivity index (χ3v) is 3.97. The Balaban J connectivity index is 2.75. The summed E-state index contributed by atoms with van der Waals surface area (Å²) >= 11 is 9.39. The van der Waals surface area contributed by atoms with Crippen molar-refractivity contribution in [3.05, 3.63) is 45.4 Å². The number of benzene rings is 2. The summed E-state index contributed by atoms with van der Waals surface area (Å²) < 4.78 is 11.2. The molecule has 110 valence electrons. The van der Waals surface area contributed by atoms with E-state index in [1.807, 2.05) is 0 Å². The predicted molar refractivity (Wildman–Crippen MR) is 84.7 cm³/mol. The van der Waals surface area contributed by atoms with Crippen LogP contribution in [0.5, 0.6) is 11.5 Å². The van der Waals surface area contributed by atoms with Gasteiger partial charge >= 0.3 is 5.97 Å². The lowest BCUT2D eigenvalue weighted by Gasteiger charge is -2.15. The van der Waals surface area contributed by atoms with E-state index in [0.717, 1.165) is 0 Å². The minimum atomic E-state index is -1.03. The van der Waals surface area contributed by atoms with E-state index in [1.54, 1.807) is 31.4 Å². The highest BCUT2D eigenvalue weighted by Gasteiger charge is 2.19. The van der Waals surface area contributed by atoms with E-state index in [2.05, 4.69) is 15.9 Å². The Hall–Kier alpha value is -1.72. The normalized spacial score (nSPS) is 10.3. The van der Waals surface area contributed by atoms with E-state index >= 15 is 0 Å². The van der Waals surface area contributed by atoms with Crippen molar-refractivity contribution in [2.75, 3.05) is 14.2 Å². The van der Waals surface area contributed by atoms with E-state index in [0.29, 0.717) is 32.1 Å². The Bertz CT molecular complexity index is 700. The number of rotatable bonds is 4. The third kappa shape index (κ3) is 2.99. The Morgan fingerprint density at radius 1 is 1.14 bits per heavy atom. The summed E-state index contributed by atoms with van der Waals surface area (Å²) in [6, 6.07) is 8.08. The van der Waals surface area contributed by atoms with Gasteiger partial charge < -0.3 is 14.6 Å². The highest BCUT2D eigenvalue weighted by atomic mass is 79.9. The van der Waals surface area contributed by atoms with Crippen LogP contribution in [0.2, 0.25) is 5.02 Å². The molecule has 0 saturated heterocycles. The molecule has 21 heavy (non-hydrogen) atoms. The van der Waals surface area contributed by atoms with Crippen LogP contribution in [0.4, 0.5) is 0 Å². The van der Waals surface area contributed by atoms with Crippen LogP contribution in [0.15, 0.2) is 34.8 Å². The van der Waals surface area contributed by atoms with Crippen molar-refractivity contribution < 1.29 is 19.4 Å². The first kappa shape index (κ1) is 15.7. The van der Waals surface area contributed by atoms with Gasteiger partial charge in [-0.1, -0.05) is 11.6 Å². The lowest BCUT2D eigenvalue weighted by molar-refractivity contribution is 0.0698. The quantitative estimate of drug-likeness (QED) is 0.860. The smallest absolute Gasteiger partial charge is 0.336 e. The van der Waals surface area contributed by atoms with Gasteiger partial charge in [0, 0.05) is 16.1 Å². The van der Waals surface area contributed by atoms with Gasteiger partial charge in [-0.05, 0) is 46.3 Å². The number of methoxy groups -OCH3 is 2. The SMILES string of the molecule is COc1ccc(-c2cc(Cl)ccc2C(=O)O)c(OC)c1Br. The fourth-order valence-corrected chi connectivity index (χ4v) is 2.87. The summed E-state index contributed by atoms with van der Waals surface area (Å²) in [4.78, 5) is 11.4. The maximum Gasteiger partial charge on any atom is 0.336 e. The average Bonchev–Trinajstić information content (AvgIpc) is 2.46. The molecular weight excluding hydrogens is 360 g/mol. The zero-order valence-electron chi connectivity index (χ0n) is 11.3. The van der Waals surface area contributed by atoms with Crippen LogP contribution < -0.4 is 9.47 Å². The fourth-order valence-electron chi connectivity index (χ4n) is 2.03. The van der Waals surface area contributed by atoms with E-state index in [4.69, 9.17) is 21.1 Å². The lowest BCUT2D eigenvalue weighted by atomic mass is 9.98. The first-order chi connectivity index (χ1) is 9.99. The summed E-state index contributed by atoms with van der Waals surface area (Å²) in [5.41, 5.74) is 1.25. The van der Waals surface area contributed by atoms with Crippen LogP contribution in [0, 0.1) is 0 Å². The van der Waals surface area contributed by atoms with Crippen LogP contribution in [0.3, 0.4) is 0 Å². The fraction of sp³-hybridized carbons (Fsp3) is 0.133. The second kappa shape index (κ2) is 6.37. The van der Waals surface area contributed by atoms with Crippen molar-refractivity contribution in [1.82, 2.24) is 0 Å². The number of hydrogen-bond acceptors (Lipinski definition) is 3. The van der Waals surface area contributed by atoms with E-state index < -0.39 is 5.97 Å². The van der Waals surface area contributed by atoms with Crippen molar-refractivity contribution in [3.8, 4) is 22.6 Å². The van der Waals surface area contributed by atoms with Crippen molar-refractivity contribution in [2.24, 2.45) is 0 Å². The third-order valence-electron chi connectivity index (χ3n) is 2.99. The molecule has 0 radical (unpaired) electrons. The summed E-state index contributed by atoms with van der Waals surface area (Å²) in [6.07, 6.45) is 0. The molecule has 0 amide bonds. The van der Waals surface area contributed by atoms with Crippen molar-refractivity contribution in [2.45, 2.75) is 0 Å².